The Labute approximate surface area is 167 Å². The summed E-state index contributed by atoms with van der Waals surface area (Å²) in [5.74, 6) is -2.64. The van der Waals surface area contributed by atoms with E-state index in [0.717, 1.165) is 18.2 Å². The molecule has 2 aromatic carbocycles. The summed E-state index contributed by atoms with van der Waals surface area (Å²) in [5, 5.41) is 2.94. The Morgan fingerprint density at radius 1 is 1.03 bits per heavy atom. The fourth-order valence-electron chi connectivity index (χ4n) is 4.38. The number of likely N-dealkylation sites (tertiary alicyclic amines) is 1. The number of nitrogens with one attached hydrogen (secondary N) is 1. The summed E-state index contributed by atoms with van der Waals surface area (Å²) in [6.45, 7) is 1.60. The van der Waals surface area contributed by atoms with Crippen molar-refractivity contribution in [3.05, 3.63) is 65.7 Å². The van der Waals surface area contributed by atoms with Crippen LogP contribution >= 0.6 is 0 Å². The van der Waals surface area contributed by atoms with Crippen LogP contribution in [0.3, 0.4) is 0 Å². The first-order valence-corrected chi connectivity index (χ1v) is 9.66. The number of hydrogen-bond acceptors (Lipinski definition) is 3. The average Bonchev–Trinajstić information content (AvgIpc) is 3.06. The lowest BCUT2D eigenvalue weighted by Crippen LogP contribution is -2.42. The van der Waals surface area contributed by atoms with Crippen LogP contribution in [0, 0.1) is 23.0 Å². The first-order chi connectivity index (χ1) is 14.0. The highest BCUT2D eigenvalue weighted by Crippen LogP contribution is 2.45. The minimum atomic E-state index is -0.799. The number of anilines is 1. The molecule has 2 aliphatic heterocycles. The second-order valence-corrected chi connectivity index (χ2v) is 7.73. The van der Waals surface area contributed by atoms with Gasteiger partial charge in [-0.2, -0.15) is 0 Å². The zero-order valence-corrected chi connectivity index (χ0v) is 15.9. The summed E-state index contributed by atoms with van der Waals surface area (Å²) >= 11 is 0. The number of nitrogens with zero attached hydrogens (tertiary/aromatic N) is 1. The molecule has 1 N–H and O–H groups in total. The molecule has 1 unspecified atom stereocenters. The third kappa shape index (κ3) is 4.00. The van der Waals surface area contributed by atoms with E-state index in [9.17, 15) is 18.4 Å². The molecule has 2 heterocycles. The molecule has 2 fully saturated rings. The number of benzene rings is 2. The van der Waals surface area contributed by atoms with Gasteiger partial charge in [-0.25, -0.2) is 8.78 Å². The van der Waals surface area contributed by atoms with Gasteiger partial charge in [0.2, 0.25) is 5.91 Å². The van der Waals surface area contributed by atoms with Crippen LogP contribution in [-0.4, -0.2) is 43.0 Å². The van der Waals surface area contributed by atoms with Crippen LogP contribution in [0.5, 0.6) is 0 Å². The number of hydrogen-bond donors (Lipinski definition) is 1. The maximum atomic E-state index is 13.6. The maximum absolute atomic E-state index is 13.6. The predicted octanol–water partition coefficient (Wildman–Crippen LogP) is 3.47. The third-order valence-electron chi connectivity index (χ3n) is 5.89. The largest absolute Gasteiger partial charge is 0.381 e. The second kappa shape index (κ2) is 7.91. The summed E-state index contributed by atoms with van der Waals surface area (Å²) in [5.41, 5.74) is 0.240. The van der Waals surface area contributed by atoms with Gasteiger partial charge in [-0.05, 0) is 37.1 Å². The standard InChI is InChI=1S/C22H22F2N2O3/c23-16-10-15(11-17(24)12-16)21(28)26-13-19(22(14-26)6-8-29-9-7-22)20(27)25-18-4-2-1-3-5-18/h1-5,10-12,19H,6-9,13-14H2,(H,25,27). The van der Waals surface area contributed by atoms with E-state index in [0.29, 0.717) is 38.3 Å². The predicted molar refractivity (Wildman–Crippen MR) is 103 cm³/mol. The van der Waals surface area contributed by atoms with E-state index >= 15 is 0 Å². The van der Waals surface area contributed by atoms with Gasteiger partial charge in [-0.15, -0.1) is 0 Å². The lowest BCUT2D eigenvalue weighted by Gasteiger charge is -2.37. The molecule has 0 aliphatic carbocycles. The van der Waals surface area contributed by atoms with Crippen molar-refractivity contribution < 1.29 is 23.1 Å². The van der Waals surface area contributed by atoms with Crippen molar-refractivity contribution in [2.24, 2.45) is 11.3 Å². The van der Waals surface area contributed by atoms with Gasteiger partial charge in [0.05, 0.1) is 5.92 Å². The number of amides is 2. The molecule has 4 rings (SSSR count). The Morgan fingerprint density at radius 2 is 1.69 bits per heavy atom. The number of rotatable bonds is 3. The van der Waals surface area contributed by atoms with Gasteiger partial charge in [0.15, 0.2) is 0 Å². The quantitative estimate of drug-likeness (QED) is 0.858. The van der Waals surface area contributed by atoms with E-state index in [2.05, 4.69) is 5.32 Å². The van der Waals surface area contributed by atoms with Crippen LogP contribution in [0.25, 0.3) is 0 Å². The van der Waals surface area contributed by atoms with Crippen LogP contribution in [-0.2, 0) is 9.53 Å². The van der Waals surface area contributed by atoms with E-state index < -0.39 is 28.9 Å². The third-order valence-corrected chi connectivity index (χ3v) is 5.89. The highest BCUT2D eigenvalue weighted by molar-refractivity contribution is 5.97. The topological polar surface area (TPSA) is 58.6 Å². The molecule has 0 aromatic heterocycles. The molecule has 2 saturated heterocycles. The lowest BCUT2D eigenvalue weighted by molar-refractivity contribution is -0.124. The molecule has 29 heavy (non-hydrogen) atoms. The Bertz CT molecular complexity index is 893. The van der Waals surface area contributed by atoms with E-state index in [1.807, 2.05) is 30.3 Å². The molecule has 2 aliphatic rings. The summed E-state index contributed by atoms with van der Waals surface area (Å²) in [4.78, 5) is 27.6. The van der Waals surface area contributed by atoms with E-state index in [1.54, 1.807) is 0 Å². The molecular weight excluding hydrogens is 378 g/mol. The Hall–Kier alpha value is -2.80. The number of ether oxygens (including phenoxy) is 1. The second-order valence-electron chi connectivity index (χ2n) is 7.73. The van der Waals surface area contributed by atoms with Crippen LogP contribution in [0.1, 0.15) is 23.2 Å². The van der Waals surface area contributed by atoms with Gasteiger partial charge < -0.3 is 15.0 Å². The Kier molecular flexibility index (Phi) is 5.32. The van der Waals surface area contributed by atoms with Gasteiger partial charge in [0.1, 0.15) is 11.6 Å². The van der Waals surface area contributed by atoms with Crippen molar-refractivity contribution in [2.45, 2.75) is 12.8 Å². The Balaban J connectivity index is 1.58. The van der Waals surface area contributed by atoms with Crippen molar-refractivity contribution in [2.75, 3.05) is 31.6 Å². The molecule has 2 amide bonds. The average molecular weight is 400 g/mol. The van der Waals surface area contributed by atoms with Crippen molar-refractivity contribution in [3.8, 4) is 0 Å². The summed E-state index contributed by atoms with van der Waals surface area (Å²) in [6, 6.07) is 11.9. The van der Waals surface area contributed by atoms with Crippen molar-refractivity contribution >= 4 is 17.5 Å². The monoisotopic (exact) mass is 400 g/mol. The number of para-hydroxylation sites is 1. The van der Waals surface area contributed by atoms with Gasteiger partial charge in [-0.1, -0.05) is 18.2 Å². The van der Waals surface area contributed by atoms with Crippen molar-refractivity contribution in [1.29, 1.82) is 0 Å². The fraction of sp³-hybridized carbons (Fsp3) is 0.364. The maximum Gasteiger partial charge on any atom is 0.254 e. The summed E-state index contributed by atoms with van der Waals surface area (Å²) in [6.07, 6.45) is 1.31. The van der Waals surface area contributed by atoms with Gasteiger partial charge >= 0.3 is 0 Å². The molecular formula is C22H22F2N2O3. The lowest BCUT2D eigenvalue weighted by atomic mass is 9.71. The van der Waals surface area contributed by atoms with E-state index in [-0.39, 0.29) is 18.0 Å². The first kappa shape index (κ1) is 19.5. The van der Waals surface area contributed by atoms with Crippen molar-refractivity contribution in [1.82, 2.24) is 4.90 Å². The molecule has 1 atom stereocenters. The molecule has 0 saturated carbocycles. The zero-order valence-electron chi connectivity index (χ0n) is 15.9. The van der Waals surface area contributed by atoms with E-state index in [4.69, 9.17) is 4.74 Å². The minimum absolute atomic E-state index is 0.0474. The molecule has 2 aromatic rings. The van der Waals surface area contributed by atoms with Crippen LogP contribution in [0.2, 0.25) is 0 Å². The summed E-state index contributed by atoms with van der Waals surface area (Å²) < 4.78 is 32.6. The molecule has 0 bridgehead atoms. The smallest absolute Gasteiger partial charge is 0.254 e. The van der Waals surface area contributed by atoms with Crippen LogP contribution < -0.4 is 5.32 Å². The van der Waals surface area contributed by atoms with Gasteiger partial charge in [0, 0.05) is 49.0 Å². The molecule has 0 radical (unpaired) electrons. The fourth-order valence-corrected chi connectivity index (χ4v) is 4.38. The number of carbonyl (C=O) groups is 2. The molecule has 5 nitrogen and oxygen atoms in total. The van der Waals surface area contributed by atoms with Gasteiger partial charge in [-0.3, -0.25) is 9.59 Å². The first-order valence-electron chi connectivity index (χ1n) is 9.66. The number of halogens is 2. The molecule has 7 heteroatoms. The van der Waals surface area contributed by atoms with E-state index in [1.165, 1.54) is 4.90 Å². The molecule has 1 spiro atoms. The SMILES string of the molecule is O=C(Nc1ccccc1)C1CN(C(=O)c2cc(F)cc(F)c2)CC12CCOCC2. The van der Waals surface area contributed by atoms with Crippen LogP contribution in [0.15, 0.2) is 48.5 Å². The normalized spacial score (nSPS) is 20.6. The van der Waals surface area contributed by atoms with Crippen LogP contribution in [0.4, 0.5) is 14.5 Å². The zero-order chi connectivity index (χ0) is 20.4. The summed E-state index contributed by atoms with van der Waals surface area (Å²) in [7, 11) is 0. The Morgan fingerprint density at radius 3 is 2.34 bits per heavy atom. The highest BCUT2D eigenvalue weighted by Gasteiger charge is 2.51. The molecule has 152 valence electrons. The highest BCUT2D eigenvalue weighted by atomic mass is 19.1. The number of carbonyl (C=O) groups excluding carboxylic acids is 2. The van der Waals surface area contributed by atoms with Crippen molar-refractivity contribution in [3.63, 3.8) is 0 Å². The minimum Gasteiger partial charge on any atom is -0.381 e. The van der Waals surface area contributed by atoms with Gasteiger partial charge in [0.25, 0.3) is 5.91 Å².